The average Bonchev–Trinajstić information content (AvgIpc) is 3.28. The van der Waals surface area contributed by atoms with Crippen molar-refractivity contribution in [2.45, 2.75) is 64.5 Å². The molecule has 2 fully saturated rings. The molecule has 1 aromatic carbocycles. The molecule has 7 nitrogen and oxygen atoms in total. The fourth-order valence-corrected chi connectivity index (χ4v) is 5.03. The molecule has 1 heterocycles. The monoisotopic (exact) mass is 442 g/mol. The van der Waals surface area contributed by atoms with Gasteiger partial charge >= 0.3 is 0 Å². The normalized spacial score (nSPS) is 20.2. The quantitative estimate of drug-likeness (QED) is 0.601. The second-order valence-electron chi connectivity index (χ2n) is 9.68. The zero-order valence-corrected chi connectivity index (χ0v) is 19.5. The van der Waals surface area contributed by atoms with Crippen LogP contribution >= 0.6 is 0 Å². The Morgan fingerprint density at radius 3 is 2.47 bits per heavy atom. The van der Waals surface area contributed by atoms with E-state index in [4.69, 9.17) is 5.73 Å². The molecule has 7 heteroatoms. The summed E-state index contributed by atoms with van der Waals surface area (Å²) in [5.41, 5.74) is 6.58. The topological polar surface area (TPSA) is 87.0 Å². The Balaban J connectivity index is 1.70. The van der Waals surface area contributed by atoms with Gasteiger partial charge in [0.1, 0.15) is 0 Å². The van der Waals surface area contributed by atoms with Gasteiger partial charge in [-0.2, -0.15) is 0 Å². The van der Waals surface area contributed by atoms with Crippen LogP contribution in [0.5, 0.6) is 0 Å². The van der Waals surface area contributed by atoms with Crippen molar-refractivity contribution in [2.24, 2.45) is 11.7 Å². The number of carbonyl (C=O) groups is 3. The van der Waals surface area contributed by atoms with E-state index in [1.807, 2.05) is 35.2 Å². The first-order chi connectivity index (χ1) is 15.3. The smallest absolute Gasteiger partial charge is 0.237 e. The van der Waals surface area contributed by atoms with E-state index in [1.54, 1.807) is 4.90 Å². The molecule has 2 aliphatic rings. The molecule has 1 aliphatic heterocycles. The van der Waals surface area contributed by atoms with Gasteiger partial charge in [-0.15, -0.1) is 0 Å². The lowest BCUT2D eigenvalue weighted by atomic mass is 10.0. The third-order valence-corrected chi connectivity index (χ3v) is 6.57. The van der Waals surface area contributed by atoms with Gasteiger partial charge in [0.15, 0.2) is 0 Å². The van der Waals surface area contributed by atoms with Gasteiger partial charge in [-0.25, -0.2) is 0 Å². The van der Waals surface area contributed by atoms with E-state index in [-0.39, 0.29) is 24.4 Å². The summed E-state index contributed by atoms with van der Waals surface area (Å²) in [5, 5.41) is 0. The number of hydrogen-bond donors (Lipinski definition) is 1. The van der Waals surface area contributed by atoms with Crippen molar-refractivity contribution in [3.05, 3.63) is 35.9 Å². The molecule has 2 N–H and O–H groups in total. The highest BCUT2D eigenvalue weighted by Gasteiger charge is 2.38. The van der Waals surface area contributed by atoms with Crippen LogP contribution in [0, 0.1) is 5.92 Å². The van der Waals surface area contributed by atoms with Crippen LogP contribution in [0.1, 0.15) is 51.5 Å². The van der Waals surface area contributed by atoms with Gasteiger partial charge in [0.05, 0.1) is 13.1 Å². The highest BCUT2D eigenvalue weighted by atomic mass is 16.2. The number of piperazine rings is 1. The van der Waals surface area contributed by atoms with Crippen molar-refractivity contribution in [1.29, 1.82) is 0 Å². The van der Waals surface area contributed by atoms with Crippen LogP contribution in [-0.2, 0) is 20.8 Å². The molecule has 3 rings (SSSR count). The Kier molecular flexibility index (Phi) is 8.67. The second kappa shape index (κ2) is 11.5. The van der Waals surface area contributed by atoms with Crippen LogP contribution in [0.3, 0.4) is 0 Å². The van der Waals surface area contributed by atoms with Crippen LogP contribution in [0.2, 0.25) is 0 Å². The fourth-order valence-electron chi connectivity index (χ4n) is 5.03. The minimum Gasteiger partial charge on any atom is -0.368 e. The molecule has 1 atom stereocenters. The summed E-state index contributed by atoms with van der Waals surface area (Å²) < 4.78 is 0. The Bertz CT molecular complexity index is 777. The van der Waals surface area contributed by atoms with Crippen LogP contribution in [-0.4, -0.2) is 77.2 Å². The second-order valence-corrected chi connectivity index (χ2v) is 9.68. The number of nitrogens with zero attached hydrogens (tertiary/aromatic N) is 3. The number of primary amides is 1. The molecule has 1 unspecified atom stereocenters. The Hall–Kier alpha value is -2.41. The zero-order chi connectivity index (χ0) is 23.1. The standard InChI is InChI=1S/C25H38N4O3/c1-19(2)15-28-16-22(29(18-25(28)32)21-10-6-7-11-21)14-24(31)27(17-23(26)30)13-12-20-8-4-3-5-9-20/h3-5,8-9,19,21-22H,6-7,10-18H2,1-2H3,(H2,26,30). The third kappa shape index (κ3) is 6.79. The molecule has 1 aromatic rings. The van der Waals surface area contributed by atoms with E-state index < -0.39 is 5.91 Å². The van der Waals surface area contributed by atoms with Gasteiger partial charge in [-0.1, -0.05) is 57.0 Å². The van der Waals surface area contributed by atoms with Crippen LogP contribution < -0.4 is 5.73 Å². The summed E-state index contributed by atoms with van der Waals surface area (Å²) in [6, 6.07) is 10.3. The molecule has 32 heavy (non-hydrogen) atoms. The van der Waals surface area contributed by atoms with Crippen LogP contribution in [0.4, 0.5) is 0 Å². The molecular weight excluding hydrogens is 404 g/mol. The third-order valence-electron chi connectivity index (χ3n) is 6.57. The maximum absolute atomic E-state index is 13.3. The summed E-state index contributed by atoms with van der Waals surface area (Å²) >= 11 is 0. The highest BCUT2D eigenvalue weighted by molar-refractivity contribution is 5.84. The molecule has 0 spiro atoms. The van der Waals surface area contributed by atoms with Gasteiger partial charge in [0.25, 0.3) is 0 Å². The van der Waals surface area contributed by atoms with E-state index in [0.717, 1.165) is 18.4 Å². The summed E-state index contributed by atoms with van der Waals surface area (Å²) in [4.78, 5) is 43.6. The number of rotatable bonds is 10. The SMILES string of the molecule is CC(C)CN1CC(CC(=O)N(CCc2ccccc2)CC(N)=O)N(C2CCCC2)CC1=O. The molecule has 1 saturated carbocycles. The predicted molar refractivity (Wildman–Crippen MR) is 125 cm³/mol. The van der Waals surface area contributed by atoms with Gasteiger partial charge in [-0.05, 0) is 30.7 Å². The number of hydrogen-bond acceptors (Lipinski definition) is 4. The van der Waals surface area contributed by atoms with Crippen LogP contribution in [0.25, 0.3) is 0 Å². The first kappa shape index (κ1) is 24.2. The maximum atomic E-state index is 13.3. The molecule has 0 radical (unpaired) electrons. The van der Waals surface area contributed by atoms with E-state index in [1.165, 1.54) is 12.8 Å². The molecular formula is C25H38N4O3. The Morgan fingerprint density at radius 2 is 1.84 bits per heavy atom. The number of nitrogens with two attached hydrogens (primary N) is 1. The van der Waals surface area contributed by atoms with Crippen molar-refractivity contribution >= 4 is 17.7 Å². The molecule has 1 aliphatic carbocycles. The van der Waals surface area contributed by atoms with Crippen molar-refractivity contribution < 1.29 is 14.4 Å². The number of carbonyl (C=O) groups excluding carboxylic acids is 3. The highest BCUT2D eigenvalue weighted by Crippen LogP contribution is 2.29. The molecule has 1 saturated heterocycles. The maximum Gasteiger partial charge on any atom is 0.237 e. The Morgan fingerprint density at radius 1 is 1.16 bits per heavy atom. The van der Waals surface area contributed by atoms with E-state index >= 15 is 0 Å². The summed E-state index contributed by atoms with van der Waals surface area (Å²) in [7, 11) is 0. The first-order valence-corrected chi connectivity index (χ1v) is 12.0. The van der Waals surface area contributed by atoms with Crippen molar-refractivity contribution in [2.75, 3.05) is 32.7 Å². The predicted octanol–water partition coefficient (Wildman–Crippen LogP) is 2.04. The van der Waals surface area contributed by atoms with Gasteiger partial charge in [-0.3, -0.25) is 19.3 Å². The molecule has 0 bridgehead atoms. The zero-order valence-electron chi connectivity index (χ0n) is 19.5. The lowest BCUT2D eigenvalue weighted by Crippen LogP contribution is -2.60. The minimum absolute atomic E-state index is 0.0193. The van der Waals surface area contributed by atoms with Gasteiger partial charge in [0, 0.05) is 38.1 Å². The van der Waals surface area contributed by atoms with Gasteiger partial charge in [0.2, 0.25) is 17.7 Å². The molecule has 0 aromatic heterocycles. The van der Waals surface area contributed by atoms with Crippen molar-refractivity contribution in [3.63, 3.8) is 0 Å². The minimum atomic E-state index is -0.501. The lowest BCUT2D eigenvalue weighted by Gasteiger charge is -2.44. The summed E-state index contributed by atoms with van der Waals surface area (Å²) in [5.74, 6) is -0.0242. The van der Waals surface area contributed by atoms with Crippen LogP contribution in [0.15, 0.2) is 30.3 Å². The largest absolute Gasteiger partial charge is 0.368 e. The Labute approximate surface area is 191 Å². The van der Waals surface area contributed by atoms with E-state index in [2.05, 4.69) is 18.7 Å². The van der Waals surface area contributed by atoms with Gasteiger partial charge < -0.3 is 15.5 Å². The van der Waals surface area contributed by atoms with Crippen molar-refractivity contribution in [1.82, 2.24) is 14.7 Å². The first-order valence-electron chi connectivity index (χ1n) is 12.0. The number of benzene rings is 1. The van der Waals surface area contributed by atoms with Crippen molar-refractivity contribution in [3.8, 4) is 0 Å². The molecule has 176 valence electrons. The summed E-state index contributed by atoms with van der Waals surface area (Å²) in [6.45, 7) is 6.26. The summed E-state index contributed by atoms with van der Waals surface area (Å²) in [6.07, 6.45) is 5.50. The van der Waals surface area contributed by atoms with E-state index in [9.17, 15) is 14.4 Å². The number of amides is 3. The molecule has 3 amide bonds. The lowest BCUT2D eigenvalue weighted by molar-refractivity contribution is -0.145. The fraction of sp³-hybridized carbons (Fsp3) is 0.640. The van der Waals surface area contributed by atoms with E-state index in [0.29, 0.717) is 51.0 Å². The average molecular weight is 443 g/mol.